The topological polar surface area (TPSA) is 507 Å². The van der Waals surface area contributed by atoms with Crippen LogP contribution in [0.3, 0.4) is 0 Å². The van der Waals surface area contributed by atoms with Crippen LogP contribution >= 0.6 is 0 Å². The van der Waals surface area contributed by atoms with E-state index < -0.39 is 157 Å². The van der Waals surface area contributed by atoms with Crippen molar-refractivity contribution in [2.24, 2.45) is 45.5 Å². The number of aliphatic hydroxyl groups is 3. The number of guanidine groups is 1. The molecule has 0 saturated heterocycles. The lowest BCUT2D eigenvalue weighted by atomic mass is 10.0. The molecule has 10 amide bonds. The molecule has 0 heterocycles. The Hall–Kier alpha value is -7.50. The van der Waals surface area contributed by atoms with Gasteiger partial charge >= 0.3 is 5.97 Å². The van der Waals surface area contributed by atoms with Crippen molar-refractivity contribution in [1.29, 1.82) is 0 Å². The van der Waals surface area contributed by atoms with Crippen molar-refractivity contribution >= 4 is 71.0 Å². The van der Waals surface area contributed by atoms with E-state index in [1.54, 1.807) is 44.2 Å². The Labute approximate surface area is 420 Å². The summed E-state index contributed by atoms with van der Waals surface area (Å²) in [5.41, 5.74) is 27.7. The summed E-state index contributed by atoms with van der Waals surface area (Å²) in [5, 5.41) is 58.0. The van der Waals surface area contributed by atoms with E-state index >= 15 is 0 Å². The Kier molecular flexibility index (Phi) is 27.6. The normalized spacial score (nSPS) is 15.2. The molecule has 0 aliphatic heterocycles. The predicted molar refractivity (Wildman–Crippen MR) is 259 cm³/mol. The summed E-state index contributed by atoms with van der Waals surface area (Å²) >= 11 is 0. The third-order valence-corrected chi connectivity index (χ3v) is 10.6. The molecule has 0 aliphatic carbocycles. The summed E-state index contributed by atoms with van der Waals surface area (Å²) in [6, 6.07) is -6.67. The van der Waals surface area contributed by atoms with E-state index in [0.29, 0.717) is 5.56 Å². The summed E-state index contributed by atoms with van der Waals surface area (Å²) in [6.45, 7) is 5.57. The number of aliphatic carboxylic acids is 1. The summed E-state index contributed by atoms with van der Waals surface area (Å²) in [4.78, 5) is 148. The Morgan fingerprint density at radius 2 is 0.986 bits per heavy atom. The number of rotatable bonds is 33. The second-order valence-electron chi connectivity index (χ2n) is 17.7. The fourth-order valence-corrected chi connectivity index (χ4v) is 6.69. The number of aliphatic imine (C=N–C) groups is 1. The molecule has 1 rings (SSSR count). The lowest BCUT2D eigenvalue weighted by molar-refractivity contribution is -0.144. The van der Waals surface area contributed by atoms with Gasteiger partial charge in [-0.05, 0) is 43.6 Å². The first-order valence-corrected chi connectivity index (χ1v) is 23.1. The van der Waals surface area contributed by atoms with Gasteiger partial charge in [0.05, 0.1) is 32.2 Å². The van der Waals surface area contributed by atoms with Crippen molar-refractivity contribution in [3.63, 3.8) is 0 Å². The van der Waals surface area contributed by atoms with E-state index in [2.05, 4.69) is 47.5 Å². The number of nitrogens with zero attached hydrogens (tertiary/aromatic N) is 1. The standard InChI is InChI=1S/C44H72N14O15/c1-20(2)14-26(52-35(64)24(45)18-59)37(66)55-28(16-31(46)62)39(68)56-30(19-60)41(70)53-27(15-23-10-7-6-8-11-23)38(67)51-25(12-9-13-50-44(48)49)36(65)54-29(17-32(47)63)40(69)58-34(22(5)61)42(71)57-33(21(3)4)43(72)73/h6-8,10-11,20-22,24-30,33-34,59-61H,9,12-19,45H2,1-5H3,(H2,46,62)(H2,47,63)(H,51,67)(H,52,64)(H,53,70)(H,54,65)(H,55,66)(H,56,68)(H,57,71)(H,58,69)(H,72,73)(H4,48,49,50)/t22-,24+,25+,26+,27+,28+,29+,30+,33+,34+/m1/s1. The van der Waals surface area contributed by atoms with E-state index in [0.717, 1.165) is 6.92 Å². The van der Waals surface area contributed by atoms with Gasteiger partial charge in [0, 0.05) is 13.0 Å². The minimum absolute atomic E-state index is 0.00800. The number of carboxylic acid groups (broad SMARTS) is 1. The molecule has 0 aliphatic rings. The predicted octanol–water partition coefficient (Wildman–Crippen LogP) is -7.61. The van der Waals surface area contributed by atoms with Crippen LogP contribution in [0.15, 0.2) is 35.3 Å². The molecule has 1 aromatic rings. The molecule has 0 saturated carbocycles. The van der Waals surface area contributed by atoms with Crippen LogP contribution in [0.2, 0.25) is 0 Å². The quantitative estimate of drug-likeness (QED) is 0.0177. The number of hydrogen-bond acceptors (Lipinski definition) is 16. The van der Waals surface area contributed by atoms with Crippen LogP contribution in [0, 0.1) is 11.8 Å². The number of carbonyl (C=O) groups is 11. The molecule has 408 valence electrons. The van der Waals surface area contributed by atoms with Crippen LogP contribution in [0.4, 0.5) is 0 Å². The summed E-state index contributed by atoms with van der Waals surface area (Å²) in [6.07, 6.45) is -3.91. The highest BCUT2D eigenvalue weighted by Crippen LogP contribution is 2.10. The second-order valence-corrected chi connectivity index (χ2v) is 17.7. The van der Waals surface area contributed by atoms with Crippen molar-refractivity contribution < 1.29 is 73.2 Å². The number of nitrogens with two attached hydrogens (primary N) is 5. The maximum absolute atomic E-state index is 14.2. The van der Waals surface area contributed by atoms with Gasteiger partial charge in [0.1, 0.15) is 54.4 Å². The fourth-order valence-electron chi connectivity index (χ4n) is 6.69. The molecular formula is C44H72N14O15. The summed E-state index contributed by atoms with van der Waals surface area (Å²) < 4.78 is 0. The molecule has 29 heteroatoms. The number of amides is 10. The van der Waals surface area contributed by atoms with Crippen LogP contribution < -0.4 is 71.2 Å². The number of benzene rings is 1. The van der Waals surface area contributed by atoms with Crippen molar-refractivity contribution in [3.05, 3.63) is 35.9 Å². The number of carbonyl (C=O) groups excluding carboxylic acids is 10. The molecule has 0 unspecified atom stereocenters. The molecular weight excluding hydrogens is 965 g/mol. The van der Waals surface area contributed by atoms with Gasteiger partial charge in [-0.2, -0.15) is 0 Å². The third kappa shape index (κ3) is 23.5. The summed E-state index contributed by atoms with van der Waals surface area (Å²) in [7, 11) is 0. The Morgan fingerprint density at radius 3 is 1.45 bits per heavy atom. The van der Waals surface area contributed by atoms with E-state index in [1.165, 1.54) is 13.8 Å². The molecule has 22 N–H and O–H groups in total. The van der Waals surface area contributed by atoms with E-state index in [-0.39, 0.29) is 44.1 Å². The zero-order valence-electron chi connectivity index (χ0n) is 41.3. The van der Waals surface area contributed by atoms with Crippen LogP contribution in [-0.4, -0.2) is 172 Å². The lowest BCUT2D eigenvalue weighted by Crippen LogP contribution is -2.62. The van der Waals surface area contributed by atoms with Gasteiger partial charge in [0.25, 0.3) is 0 Å². The van der Waals surface area contributed by atoms with E-state index in [9.17, 15) is 73.2 Å². The highest BCUT2D eigenvalue weighted by molar-refractivity contribution is 5.99. The number of aliphatic hydroxyl groups excluding tert-OH is 3. The largest absolute Gasteiger partial charge is 0.480 e. The van der Waals surface area contributed by atoms with E-state index in [4.69, 9.17) is 28.7 Å². The van der Waals surface area contributed by atoms with Crippen molar-refractivity contribution in [3.8, 4) is 0 Å². The fraction of sp³-hybridized carbons (Fsp3) is 0.591. The smallest absolute Gasteiger partial charge is 0.326 e. The summed E-state index contributed by atoms with van der Waals surface area (Å²) in [5.74, 6) is -13.6. The van der Waals surface area contributed by atoms with Gasteiger partial charge in [-0.1, -0.05) is 58.0 Å². The zero-order valence-corrected chi connectivity index (χ0v) is 41.3. The van der Waals surface area contributed by atoms with Gasteiger partial charge in [0.15, 0.2) is 5.96 Å². The van der Waals surface area contributed by atoms with Gasteiger partial charge in [0.2, 0.25) is 59.1 Å². The Bertz CT molecular complexity index is 2110. The molecule has 0 fully saturated rings. The third-order valence-electron chi connectivity index (χ3n) is 10.6. The van der Waals surface area contributed by atoms with Crippen molar-refractivity contribution in [2.45, 2.75) is 134 Å². The number of hydrogen-bond donors (Lipinski definition) is 17. The van der Waals surface area contributed by atoms with Crippen LogP contribution in [-0.2, 0) is 59.2 Å². The molecule has 29 nitrogen and oxygen atoms in total. The minimum atomic E-state index is -1.88. The number of carboxylic acids is 1. The van der Waals surface area contributed by atoms with Gasteiger partial charge < -0.3 is 91.6 Å². The molecule has 0 bridgehead atoms. The Morgan fingerprint density at radius 1 is 0.548 bits per heavy atom. The molecule has 0 aromatic heterocycles. The average molecular weight is 1040 g/mol. The number of nitrogens with one attached hydrogen (secondary N) is 8. The maximum Gasteiger partial charge on any atom is 0.326 e. The average Bonchev–Trinajstić information content (AvgIpc) is 3.30. The number of primary amides is 2. The first kappa shape index (κ1) is 63.5. The minimum Gasteiger partial charge on any atom is -0.480 e. The van der Waals surface area contributed by atoms with Crippen molar-refractivity contribution in [1.82, 2.24) is 42.5 Å². The first-order valence-electron chi connectivity index (χ1n) is 23.1. The van der Waals surface area contributed by atoms with Crippen LogP contribution in [0.5, 0.6) is 0 Å². The zero-order chi connectivity index (χ0) is 55.7. The van der Waals surface area contributed by atoms with Crippen LogP contribution in [0.25, 0.3) is 0 Å². The molecule has 0 spiro atoms. The van der Waals surface area contributed by atoms with Crippen molar-refractivity contribution in [2.75, 3.05) is 19.8 Å². The highest BCUT2D eigenvalue weighted by atomic mass is 16.4. The molecule has 10 atom stereocenters. The van der Waals surface area contributed by atoms with Gasteiger partial charge in [-0.3, -0.25) is 52.9 Å². The lowest BCUT2D eigenvalue weighted by Gasteiger charge is -2.28. The second kappa shape index (κ2) is 31.8. The molecule has 73 heavy (non-hydrogen) atoms. The highest BCUT2D eigenvalue weighted by Gasteiger charge is 2.37. The van der Waals surface area contributed by atoms with Gasteiger partial charge in [-0.15, -0.1) is 0 Å². The van der Waals surface area contributed by atoms with Gasteiger partial charge in [-0.25, -0.2) is 4.79 Å². The first-order chi connectivity index (χ1) is 34.1. The molecule has 1 aromatic carbocycles. The van der Waals surface area contributed by atoms with E-state index in [1.807, 2.05) is 0 Å². The SMILES string of the molecule is CC(C)C[C@H](NC(=O)[C@@H](N)CO)C(=O)N[C@@H](CC(N)=O)C(=O)N[C@@H](CO)C(=O)N[C@@H](Cc1ccccc1)C(=O)N[C@@H](CCCN=C(N)N)C(=O)N[C@@H](CC(N)=O)C(=O)N[C@H](C(=O)N[C@H](C(=O)O)C(C)C)[C@@H](C)O. The maximum atomic E-state index is 14.2. The monoisotopic (exact) mass is 1040 g/mol. The molecule has 0 radical (unpaired) electrons. The Balaban J connectivity index is 3.58. The van der Waals surface area contributed by atoms with Crippen LogP contribution in [0.1, 0.15) is 72.3 Å².